The lowest BCUT2D eigenvalue weighted by molar-refractivity contribution is -0.145. The quantitative estimate of drug-likeness (QED) is 0.0888. The third-order valence-electron chi connectivity index (χ3n) is 7.17. The van der Waals surface area contributed by atoms with Crippen molar-refractivity contribution in [2.24, 2.45) is 10.8 Å². The second-order valence-corrected chi connectivity index (χ2v) is 15.9. The number of nitrogens with one attached hydrogen (secondary N) is 4. The van der Waals surface area contributed by atoms with E-state index in [1.807, 2.05) is 85.3 Å². The van der Waals surface area contributed by atoms with Gasteiger partial charge in [0.2, 0.25) is 17.6 Å². The first-order valence-corrected chi connectivity index (χ1v) is 19.6. The summed E-state index contributed by atoms with van der Waals surface area (Å²) in [6, 6.07) is -4.62. The number of urea groups is 1. The molecule has 0 bridgehead atoms. The van der Waals surface area contributed by atoms with Gasteiger partial charge in [-0.3, -0.25) is 19.2 Å². The van der Waals surface area contributed by atoms with E-state index in [1.165, 1.54) is 23.5 Å². The molecule has 316 valence electrons. The maximum absolute atomic E-state index is 13.8. The molecule has 1 fully saturated rings. The summed E-state index contributed by atoms with van der Waals surface area (Å²) < 4.78 is 42.1. The number of alkyl halides is 3. The first-order valence-electron chi connectivity index (χ1n) is 18.8. The lowest BCUT2D eigenvalue weighted by Crippen LogP contribution is -2.61. The molecule has 4 amide bonds. The van der Waals surface area contributed by atoms with Crippen molar-refractivity contribution in [2.75, 3.05) is 47.8 Å². The number of hydrogen-bond donors (Lipinski definition) is 4. The fraction of sp³-hybridized carbons (Fsp3) is 0.865. The number of likely N-dealkylation sites (tertiary alicyclic amines) is 1. The van der Waals surface area contributed by atoms with Gasteiger partial charge in [-0.15, -0.1) is 0 Å². The van der Waals surface area contributed by atoms with Crippen molar-refractivity contribution in [1.82, 2.24) is 34.8 Å². The fourth-order valence-corrected chi connectivity index (χ4v) is 5.27. The zero-order valence-corrected chi connectivity index (χ0v) is 36.8. The summed E-state index contributed by atoms with van der Waals surface area (Å²) in [6.07, 6.45) is -4.97. The normalized spacial score (nSPS) is 15.7. The number of ketones is 1. The number of rotatable bonds is 14. The summed E-state index contributed by atoms with van der Waals surface area (Å²) in [4.78, 5) is 64.3. The van der Waals surface area contributed by atoms with E-state index in [0.29, 0.717) is 13.0 Å². The Labute approximate surface area is 324 Å². The van der Waals surface area contributed by atoms with Crippen LogP contribution in [0.15, 0.2) is 0 Å². The highest BCUT2D eigenvalue weighted by Crippen LogP contribution is 2.27. The Bertz CT molecular complexity index is 1020. The van der Waals surface area contributed by atoms with Crippen molar-refractivity contribution in [3.05, 3.63) is 0 Å². The van der Waals surface area contributed by atoms with Crippen LogP contribution >= 0.6 is 12.1 Å². The van der Waals surface area contributed by atoms with E-state index in [4.69, 9.17) is 0 Å². The standard InChI is InChI=1S/C27H47F3N6O5S.C3H9N.C3H8.2C2H6/c1-25(2,3)20(15-35(9)42-34(7)8)32-24(41)33-21(26(4,5)6)23(40)36-14-10-11-18(36)22(39)31-17(19(38)16-37)12-13-27(28,29)30;1-3-4-2;1-3-2;2*1-2/h16-18,20-21H,10-15H2,1-9H3,(H,31,39)(H2,32,33,41);4H,3H2,1-2H3;3H2,1-2H3;2*1-2H3. The van der Waals surface area contributed by atoms with E-state index in [9.17, 15) is 37.1 Å². The Morgan fingerprint density at radius 2 is 1.38 bits per heavy atom. The van der Waals surface area contributed by atoms with Crippen molar-refractivity contribution in [3.8, 4) is 0 Å². The van der Waals surface area contributed by atoms with Crippen LogP contribution in [0.1, 0.15) is 122 Å². The Balaban J connectivity index is -0.000000970. The minimum atomic E-state index is -4.58. The number of halogens is 3. The number of hydrogen-bond acceptors (Lipinski definition) is 9. The molecular weight excluding hydrogens is 712 g/mol. The SMILES string of the molecule is CC.CC.CCC.CCNC.CN(C)SN(C)CC(NC(=O)NC(C(=O)N1CCCC1C(=O)NC(CCC(F)(F)F)C(=O)C=O)C(C)(C)C)C(C)(C)C. The Morgan fingerprint density at radius 3 is 1.75 bits per heavy atom. The molecule has 0 aliphatic carbocycles. The molecular formula is C37H76F3N7O5S. The molecule has 0 saturated carbocycles. The zero-order chi connectivity index (χ0) is 42.8. The minimum absolute atomic E-state index is 0.126. The number of likely N-dealkylation sites (N-methyl/N-ethyl adjacent to an activating group) is 1. The van der Waals surface area contributed by atoms with Crippen LogP contribution < -0.4 is 21.3 Å². The average molecular weight is 788 g/mol. The van der Waals surface area contributed by atoms with Crippen molar-refractivity contribution in [2.45, 2.75) is 152 Å². The first kappa shape index (κ1) is 57.3. The van der Waals surface area contributed by atoms with E-state index in [1.54, 1.807) is 20.8 Å². The van der Waals surface area contributed by atoms with Crippen LogP contribution in [0.4, 0.5) is 18.0 Å². The van der Waals surface area contributed by atoms with Crippen molar-refractivity contribution >= 4 is 42.0 Å². The number of Topliss-reactive ketones (excluding diaryl/α,β-unsaturated/α-hetero) is 1. The maximum Gasteiger partial charge on any atom is 0.389 e. The van der Waals surface area contributed by atoms with Crippen LogP contribution in [0.25, 0.3) is 0 Å². The molecule has 0 aromatic heterocycles. The third kappa shape index (κ3) is 26.9. The lowest BCUT2D eigenvalue weighted by Gasteiger charge is -2.38. The van der Waals surface area contributed by atoms with Crippen LogP contribution in [0.3, 0.4) is 0 Å². The second-order valence-electron chi connectivity index (χ2n) is 14.4. The number of nitrogens with zero attached hydrogens (tertiary/aromatic N) is 3. The summed E-state index contributed by atoms with van der Waals surface area (Å²) in [5.74, 6) is -2.54. The zero-order valence-electron chi connectivity index (χ0n) is 36.0. The topological polar surface area (TPSA) is 143 Å². The van der Waals surface area contributed by atoms with Gasteiger partial charge in [0, 0.05) is 37.7 Å². The summed E-state index contributed by atoms with van der Waals surface area (Å²) in [6.45, 7) is 27.3. The highest BCUT2D eigenvalue weighted by atomic mass is 32.2. The molecule has 0 aromatic carbocycles. The predicted molar refractivity (Wildman–Crippen MR) is 213 cm³/mol. The lowest BCUT2D eigenvalue weighted by atomic mass is 9.85. The smallest absolute Gasteiger partial charge is 0.344 e. The van der Waals surface area contributed by atoms with Crippen LogP contribution in [-0.2, 0) is 19.2 Å². The van der Waals surface area contributed by atoms with Gasteiger partial charge in [-0.2, -0.15) is 13.2 Å². The van der Waals surface area contributed by atoms with Crippen molar-refractivity contribution < 1.29 is 37.1 Å². The number of amides is 4. The molecule has 1 saturated heterocycles. The predicted octanol–water partition coefficient (Wildman–Crippen LogP) is 6.45. The molecule has 4 unspecified atom stereocenters. The Hall–Kier alpha value is -2.43. The van der Waals surface area contributed by atoms with E-state index >= 15 is 0 Å². The maximum atomic E-state index is 13.8. The van der Waals surface area contributed by atoms with Gasteiger partial charge in [-0.05, 0) is 64.8 Å². The Morgan fingerprint density at radius 1 is 0.887 bits per heavy atom. The van der Waals surface area contributed by atoms with E-state index in [-0.39, 0.29) is 30.7 Å². The van der Waals surface area contributed by atoms with E-state index in [2.05, 4.69) is 42.0 Å². The van der Waals surface area contributed by atoms with Gasteiger partial charge in [0.25, 0.3) is 0 Å². The Kier molecular flexibility index (Phi) is 32.3. The summed E-state index contributed by atoms with van der Waals surface area (Å²) in [5, 5.41) is 10.9. The van der Waals surface area contributed by atoms with Gasteiger partial charge in [-0.1, -0.05) is 96.4 Å². The van der Waals surface area contributed by atoms with Crippen LogP contribution in [0.2, 0.25) is 0 Å². The first-order chi connectivity index (χ1) is 24.4. The molecule has 1 aliphatic heterocycles. The van der Waals surface area contributed by atoms with Crippen LogP contribution in [-0.4, -0.2) is 122 Å². The molecule has 4 atom stereocenters. The van der Waals surface area contributed by atoms with Gasteiger partial charge in [0.05, 0.1) is 6.04 Å². The summed E-state index contributed by atoms with van der Waals surface area (Å²) >= 11 is 1.48. The third-order valence-corrected chi connectivity index (χ3v) is 7.92. The molecule has 1 aliphatic rings. The molecule has 1 rings (SSSR count). The summed E-state index contributed by atoms with van der Waals surface area (Å²) in [5.41, 5.74) is -1.09. The van der Waals surface area contributed by atoms with Gasteiger partial charge < -0.3 is 26.2 Å². The fourth-order valence-electron chi connectivity index (χ4n) is 4.50. The number of carbonyl (C=O) groups excluding carboxylic acids is 5. The van der Waals surface area contributed by atoms with E-state index < -0.39 is 66.2 Å². The number of aldehydes is 1. The highest BCUT2D eigenvalue weighted by Gasteiger charge is 2.43. The van der Waals surface area contributed by atoms with Crippen LogP contribution in [0.5, 0.6) is 0 Å². The van der Waals surface area contributed by atoms with E-state index in [0.717, 1.165) is 6.54 Å². The van der Waals surface area contributed by atoms with Gasteiger partial charge in [0.1, 0.15) is 12.1 Å². The molecule has 0 spiro atoms. The minimum Gasteiger partial charge on any atom is -0.344 e. The van der Waals surface area contributed by atoms with Crippen molar-refractivity contribution in [1.29, 1.82) is 0 Å². The van der Waals surface area contributed by atoms with Crippen molar-refractivity contribution in [3.63, 3.8) is 0 Å². The van der Waals surface area contributed by atoms with Gasteiger partial charge >= 0.3 is 12.2 Å². The van der Waals surface area contributed by atoms with Crippen LogP contribution in [0, 0.1) is 10.8 Å². The summed E-state index contributed by atoms with van der Waals surface area (Å²) in [7, 11) is 7.64. The van der Waals surface area contributed by atoms with Gasteiger partial charge in [-0.25, -0.2) is 13.4 Å². The highest BCUT2D eigenvalue weighted by molar-refractivity contribution is 7.94. The largest absolute Gasteiger partial charge is 0.389 e. The second kappa shape index (κ2) is 29.9. The molecule has 16 heteroatoms. The molecule has 53 heavy (non-hydrogen) atoms. The number of carbonyl (C=O) groups is 5. The van der Waals surface area contributed by atoms with Gasteiger partial charge in [0.15, 0.2) is 6.29 Å². The average Bonchev–Trinajstić information content (AvgIpc) is 3.55. The molecule has 4 N–H and O–H groups in total. The molecule has 12 nitrogen and oxygen atoms in total. The monoisotopic (exact) mass is 788 g/mol. The molecule has 1 heterocycles. The molecule has 0 radical (unpaired) electrons. The molecule has 0 aromatic rings.